The van der Waals surface area contributed by atoms with Gasteiger partial charge in [0.25, 0.3) is 0 Å². The van der Waals surface area contributed by atoms with E-state index < -0.39 is 5.44 Å². The number of carbonyl (C=O) groups is 1. The molecule has 0 aromatic heterocycles. The summed E-state index contributed by atoms with van der Waals surface area (Å²) in [6.45, 7) is 3.80. The molecule has 0 spiro atoms. The third-order valence-electron chi connectivity index (χ3n) is 1.17. The fourth-order valence-electron chi connectivity index (χ4n) is 0.405. The van der Waals surface area contributed by atoms with Gasteiger partial charge in [-0.3, -0.25) is 4.79 Å². The number of rotatable bonds is 4. The highest BCUT2D eigenvalue weighted by Gasteiger charge is 2.11. The lowest BCUT2D eigenvalue weighted by Gasteiger charge is -2.12. The van der Waals surface area contributed by atoms with Crippen LogP contribution in [0.2, 0.25) is 0 Å². The number of aliphatic hydroxyl groups is 1. The summed E-state index contributed by atoms with van der Waals surface area (Å²) < 4.78 is 4.41. The number of carbonyl (C=O) groups excluding carboxylic acids is 1. The van der Waals surface area contributed by atoms with Crippen LogP contribution in [-0.4, -0.2) is 29.4 Å². The smallest absolute Gasteiger partial charge is 0.315 e. The maximum absolute atomic E-state index is 10.6. The molecule has 0 amide bonds. The Morgan fingerprint density at radius 1 is 1.64 bits per heavy atom. The van der Waals surface area contributed by atoms with Crippen LogP contribution < -0.4 is 0 Å². The van der Waals surface area contributed by atoms with E-state index in [0.29, 0.717) is 0 Å². The maximum atomic E-state index is 10.6. The van der Waals surface area contributed by atoms with Gasteiger partial charge < -0.3 is 9.84 Å². The van der Waals surface area contributed by atoms with Gasteiger partial charge in [-0.1, -0.05) is 13.8 Å². The van der Waals surface area contributed by atoms with Crippen molar-refractivity contribution in [2.75, 3.05) is 12.9 Å². The first kappa shape index (κ1) is 10.8. The highest BCUT2D eigenvalue weighted by Crippen LogP contribution is 2.15. The molecule has 1 N–H and O–H groups in total. The predicted molar refractivity (Wildman–Crippen MR) is 45.3 cm³/mol. The minimum atomic E-state index is -0.478. The number of thioether (sulfide) groups is 1. The molecule has 11 heavy (non-hydrogen) atoms. The average Bonchev–Trinajstić information content (AvgIpc) is 1.99. The Bertz CT molecular complexity index is 125. The van der Waals surface area contributed by atoms with Gasteiger partial charge in [-0.15, -0.1) is 11.8 Å². The zero-order chi connectivity index (χ0) is 8.85. The van der Waals surface area contributed by atoms with Crippen LogP contribution in [-0.2, 0) is 9.53 Å². The van der Waals surface area contributed by atoms with E-state index in [4.69, 9.17) is 0 Å². The summed E-state index contributed by atoms with van der Waals surface area (Å²) in [6.07, 6.45) is 0. The number of esters is 1. The minimum Gasteiger partial charge on any atom is -0.468 e. The summed E-state index contributed by atoms with van der Waals surface area (Å²) >= 11 is 1.20. The van der Waals surface area contributed by atoms with Crippen LogP contribution >= 0.6 is 11.8 Å². The number of ether oxygens (including phenoxy) is 1. The Morgan fingerprint density at radius 2 is 2.18 bits per heavy atom. The molecule has 0 saturated carbocycles. The molecule has 0 aromatic rings. The molecule has 66 valence electrons. The molecule has 3 nitrogen and oxygen atoms in total. The molecule has 0 fully saturated rings. The number of hydrogen-bond donors (Lipinski definition) is 1. The highest BCUT2D eigenvalue weighted by molar-refractivity contribution is 8.00. The van der Waals surface area contributed by atoms with E-state index in [1.165, 1.54) is 18.9 Å². The zero-order valence-electron chi connectivity index (χ0n) is 7.03. The normalized spacial score (nSPS) is 13.2. The first-order valence-electron chi connectivity index (χ1n) is 3.44. The van der Waals surface area contributed by atoms with Gasteiger partial charge in [0.2, 0.25) is 0 Å². The second kappa shape index (κ2) is 5.43. The van der Waals surface area contributed by atoms with Gasteiger partial charge in [0, 0.05) is 0 Å². The van der Waals surface area contributed by atoms with Crippen molar-refractivity contribution in [3.8, 4) is 0 Å². The lowest BCUT2D eigenvalue weighted by molar-refractivity contribution is -0.137. The molecule has 0 aromatic carbocycles. The molecule has 0 saturated heterocycles. The van der Waals surface area contributed by atoms with Gasteiger partial charge in [-0.25, -0.2) is 0 Å². The molecule has 0 aliphatic rings. The van der Waals surface area contributed by atoms with E-state index in [2.05, 4.69) is 4.74 Å². The summed E-state index contributed by atoms with van der Waals surface area (Å²) in [5, 5.41) is 9.23. The Labute approximate surface area is 71.1 Å². The first-order valence-corrected chi connectivity index (χ1v) is 4.49. The number of hydrogen-bond acceptors (Lipinski definition) is 4. The quantitative estimate of drug-likeness (QED) is 0.512. The lowest BCUT2D eigenvalue weighted by Crippen LogP contribution is -2.14. The van der Waals surface area contributed by atoms with Crippen molar-refractivity contribution < 1.29 is 14.6 Å². The fraction of sp³-hybridized carbons (Fsp3) is 0.857. The van der Waals surface area contributed by atoms with E-state index >= 15 is 0 Å². The van der Waals surface area contributed by atoms with E-state index in [9.17, 15) is 9.90 Å². The van der Waals surface area contributed by atoms with Crippen LogP contribution in [0.3, 0.4) is 0 Å². The Hall–Kier alpha value is -0.220. The summed E-state index contributed by atoms with van der Waals surface area (Å²) in [7, 11) is 1.34. The largest absolute Gasteiger partial charge is 0.468 e. The Balaban J connectivity index is 3.45. The first-order chi connectivity index (χ1) is 5.07. The minimum absolute atomic E-state index is 0.171. The van der Waals surface area contributed by atoms with Gasteiger partial charge in [0.1, 0.15) is 5.44 Å². The third-order valence-corrected chi connectivity index (χ3v) is 2.46. The highest BCUT2D eigenvalue weighted by atomic mass is 32.2. The van der Waals surface area contributed by atoms with Gasteiger partial charge in [0.15, 0.2) is 0 Å². The van der Waals surface area contributed by atoms with Crippen molar-refractivity contribution in [2.45, 2.75) is 19.3 Å². The fourth-order valence-corrected chi connectivity index (χ4v) is 1.21. The molecule has 1 atom stereocenters. The predicted octanol–water partition coefficient (Wildman–Crippen LogP) is 0.867. The van der Waals surface area contributed by atoms with Crippen LogP contribution in [0.25, 0.3) is 0 Å². The number of aliphatic hydroxyl groups excluding tert-OH is 1. The molecule has 0 aliphatic carbocycles. The van der Waals surface area contributed by atoms with Gasteiger partial charge in [-0.05, 0) is 5.92 Å². The standard InChI is InChI=1S/C7H14O3S/c1-5(2)7(9)11-4-6(8)10-3/h5,7,9H,4H2,1-3H3. The SMILES string of the molecule is COC(=O)CSC(O)C(C)C. The van der Waals surface area contributed by atoms with Crippen molar-refractivity contribution in [2.24, 2.45) is 5.92 Å². The van der Waals surface area contributed by atoms with E-state index in [-0.39, 0.29) is 17.6 Å². The summed E-state index contributed by atoms with van der Waals surface area (Å²) in [5.41, 5.74) is -0.478. The summed E-state index contributed by atoms with van der Waals surface area (Å²) in [5.74, 6) is 0.0925. The number of methoxy groups -OCH3 is 1. The average molecular weight is 178 g/mol. The maximum Gasteiger partial charge on any atom is 0.315 e. The van der Waals surface area contributed by atoms with Crippen molar-refractivity contribution in [3.05, 3.63) is 0 Å². The summed E-state index contributed by atoms with van der Waals surface area (Å²) in [4.78, 5) is 10.6. The summed E-state index contributed by atoms with van der Waals surface area (Å²) in [6, 6.07) is 0. The molecule has 0 radical (unpaired) electrons. The van der Waals surface area contributed by atoms with Crippen molar-refractivity contribution in [1.82, 2.24) is 0 Å². The van der Waals surface area contributed by atoms with E-state index in [0.717, 1.165) is 0 Å². The van der Waals surface area contributed by atoms with E-state index in [1.807, 2.05) is 13.8 Å². The van der Waals surface area contributed by atoms with E-state index in [1.54, 1.807) is 0 Å². The van der Waals surface area contributed by atoms with Gasteiger partial charge >= 0.3 is 5.97 Å². The second-order valence-electron chi connectivity index (χ2n) is 2.52. The lowest BCUT2D eigenvalue weighted by atomic mass is 10.2. The Morgan fingerprint density at radius 3 is 2.55 bits per heavy atom. The van der Waals surface area contributed by atoms with Crippen LogP contribution in [0.4, 0.5) is 0 Å². The van der Waals surface area contributed by atoms with Crippen molar-refractivity contribution >= 4 is 17.7 Å². The molecular weight excluding hydrogens is 164 g/mol. The molecule has 1 unspecified atom stereocenters. The molecular formula is C7H14O3S. The third kappa shape index (κ3) is 5.09. The van der Waals surface area contributed by atoms with Crippen LogP contribution in [0.1, 0.15) is 13.8 Å². The zero-order valence-corrected chi connectivity index (χ0v) is 7.85. The Kier molecular flexibility index (Phi) is 5.32. The second-order valence-corrected chi connectivity index (χ2v) is 3.63. The molecule has 0 bridgehead atoms. The monoisotopic (exact) mass is 178 g/mol. The van der Waals surface area contributed by atoms with Gasteiger partial charge in [-0.2, -0.15) is 0 Å². The van der Waals surface area contributed by atoms with Crippen LogP contribution in [0.5, 0.6) is 0 Å². The molecule has 0 heterocycles. The van der Waals surface area contributed by atoms with Gasteiger partial charge in [0.05, 0.1) is 12.9 Å². The van der Waals surface area contributed by atoms with Crippen LogP contribution in [0.15, 0.2) is 0 Å². The van der Waals surface area contributed by atoms with Crippen LogP contribution in [0, 0.1) is 5.92 Å². The van der Waals surface area contributed by atoms with Crippen molar-refractivity contribution in [1.29, 1.82) is 0 Å². The molecule has 0 rings (SSSR count). The van der Waals surface area contributed by atoms with Crippen molar-refractivity contribution in [3.63, 3.8) is 0 Å². The molecule has 0 aliphatic heterocycles. The molecule has 4 heteroatoms. The topological polar surface area (TPSA) is 46.5 Å².